The Labute approximate surface area is 102 Å². The average molecular weight is 250 g/mol. The molecule has 4 nitrogen and oxygen atoms in total. The molecule has 1 aliphatic rings. The molecule has 1 rings (SSSR count). The van der Waals surface area contributed by atoms with E-state index in [4.69, 9.17) is 21.1 Å². The number of nitrogens with one attached hydrogen (secondary N) is 1. The Balaban J connectivity index is 1.89. The lowest BCUT2D eigenvalue weighted by Crippen LogP contribution is -2.35. The zero-order chi connectivity index (χ0) is 11.6. The first kappa shape index (κ1) is 13.6. The molecule has 0 radical (unpaired) electrons. The van der Waals surface area contributed by atoms with Crippen LogP contribution in [0, 0.1) is 0 Å². The number of hydrogen-bond acceptors (Lipinski definition) is 3. The zero-order valence-electron chi connectivity index (χ0n) is 9.54. The number of unbranched alkanes of at least 4 members (excludes halogenated alkanes) is 3. The molecular weight excluding hydrogens is 230 g/mol. The topological polar surface area (TPSA) is 47.6 Å². The van der Waals surface area contributed by atoms with Crippen LogP contribution in [0.4, 0.5) is 4.79 Å². The molecule has 5 heteroatoms. The minimum atomic E-state index is -0.326. The molecule has 94 valence electrons. The van der Waals surface area contributed by atoms with Crippen LogP contribution in [-0.4, -0.2) is 37.8 Å². The summed E-state index contributed by atoms with van der Waals surface area (Å²) < 4.78 is 10.2. The molecule has 0 aromatic rings. The van der Waals surface area contributed by atoms with Gasteiger partial charge >= 0.3 is 6.09 Å². The molecule has 1 atom stereocenters. The molecule has 1 heterocycles. The van der Waals surface area contributed by atoms with Gasteiger partial charge in [-0.3, -0.25) is 0 Å². The van der Waals surface area contributed by atoms with E-state index in [1.165, 1.54) is 0 Å². The molecule has 0 spiro atoms. The quantitative estimate of drug-likeness (QED) is 0.556. The average Bonchev–Trinajstić information content (AvgIpc) is 2.76. The van der Waals surface area contributed by atoms with Gasteiger partial charge in [0.15, 0.2) is 0 Å². The highest BCUT2D eigenvalue weighted by Gasteiger charge is 2.17. The Morgan fingerprint density at radius 2 is 2.19 bits per heavy atom. The van der Waals surface area contributed by atoms with Crippen molar-refractivity contribution in [1.29, 1.82) is 0 Å². The van der Waals surface area contributed by atoms with Crippen LogP contribution < -0.4 is 5.32 Å². The number of rotatable bonds is 7. The molecule has 1 fully saturated rings. The van der Waals surface area contributed by atoms with Gasteiger partial charge in [0.05, 0.1) is 19.3 Å². The van der Waals surface area contributed by atoms with Crippen LogP contribution in [0.5, 0.6) is 0 Å². The van der Waals surface area contributed by atoms with E-state index in [1.54, 1.807) is 0 Å². The van der Waals surface area contributed by atoms with Crippen LogP contribution in [0.2, 0.25) is 0 Å². The molecule has 0 aromatic heterocycles. The Kier molecular flexibility index (Phi) is 7.34. The third-order valence-electron chi connectivity index (χ3n) is 2.51. The minimum Gasteiger partial charge on any atom is -0.450 e. The Hall–Kier alpha value is -0.480. The SMILES string of the molecule is O=C(NC1CCOC1)OCCCCCCCl. The Morgan fingerprint density at radius 3 is 2.88 bits per heavy atom. The minimum absolute atomic E-state index is 0.128. The zero-order valence-corrected chi connectivity index (χ0v) is 10.3. The molecule has 0 aromatic carbocycles. The van der Waals surface area contributed by atoms with Crippen LogP contribution in [-0.2, 0) is 9.47 Å². The van der Waals surface area contributed by atoms with Gasteiger partial charge < -0.3 is 14.8 Å². The second kappa shape index (κ2) is 8.65. The van der Waals surface area contributed by atoms with Gasteiger partial charge in [-0.2, -0.15) is 0 Å². The standard InChI is InChI=1S/C11H20ClNO3/c12-6-3-1-2-4-7-16-11(14)13-10-5-8-15-9-10/h10H,1-9H2,(H,13,14). The molecular formula is C11H20ClNO3. The summed E-state index contributed by atoms with van der Waals surface area (Å²) in [5.41, 5.74) is 0. The number of ether oxygens (including phenoxy) is 2. The normalized spacial score (nSPS) is 19.7. The molecule has 1 unspecified atom stereocenters. The van der Waals surface area contributed by atoms with Crippen molar-refractivity contribution in [3.05, 3.63) is 0 Å². The summed E-state index contributed by atoms with van der Waals surface area (Å²) in [6, 6.07) is 0.128. The van der Waals surface area contributed by atoms with E-state index < -0.39 is 0 Å². The Morgan fingerprint density at radius 1 is 1.38 bits per heavy atom. The predicted molar refractivity (Wildman–Crippen MR) is 62.9 cm³/mol. The lowest BCUT2D eigenvalue weighted by molar-refractivity contribution is 0.136. The van der Waals surface area contributed by atoms with Crippen molar-refractivity contribution in [3.8, 4) is 0 Å². The van der Waals surface area contributed by atoms with Crippen molar-refractivity contribution in [1.82, 2.24) is 5.32 Å². The van der Waals surface area contributed by atoms with Crippen LogP contribution in [0.25, 0.3) is 0 Å². The number of amides is 1. The maximum atomic E-state index is 11.3. The van der Waals surface area contributed by atoms with Gasteiger partial charge in [-0.05, 0) is 19.3 Å². The summed E-state index contributed by atoms with van der Waals surface area (Å²) in [5.74, 6) is 0.711. The van der Waals surface area contributed by atoms with Crippen LogP contribution >= 0.6 is 11.6 Å². The number of hydrogen-bond donors (Lipinski definition) is 1. The smallest absolute Gasteiger partial charge is 0.407 e. The highest BCUT2D eigenvalue weighted by molar-refractivity contribution is 6.17. The summed E-state index contributed by atoms with van der Waals surface area (Å²) in [6.07, 6.45) is 4.66. The largest absolute Gasteiger partial charge is 0.450 e. The van der Waals surface area contributed by atoms with Gasteiger partial charge in [0.25, 0.3) is 0 Å². The van der Waals surface area contributed by atoms with Gasteiger partial charge in [-0.15, -0.1) is 11.6 Å². The van der Waals surface area contributed by atoms with Gasteiger partial charge in [-0.25, -0.2) is 4.79 Å². The monoisotopic (exact) mass is 249 g/mol. The number of carbonyl (C=O) groups excluding carboxylic acids is 1. The second-order valence-electron chi connectivity index (χ2n) is 3.94. The summed E-state index contributed by atoms with van der Waals surface area (Å²) in [4.78, 5) is 11.3. The van der Waals surface area contributed by atoms with Crippen molar-refractivity contribution in [2.75, 3.05) is 25.7 Å². The fourth-order valence-electron chi connectivity index (χ4n) is 1.57. The maximum Gasteiger partial charge on any atom is 0.407 e. The van der Waals surface area contributed by atoms with Gasteiger partial charge in [0.2, 0.25) is 0 Å². The molecule has 0 aliphatic carbocycles. The maximum absolute atomic E-state index is 11.3. The molecule has 0 bridgehead atoms. The van der Waals surface area contributed by atoms with E-state index >= 15 is 0 Å². The number of halogens is 1. The van der Waals surface area contributed by atoms with Crippen molar-refractivity contribution >= 4 is 17.7 Å². The molecule has 0 saturated carbocycles. The fourth-order valence-corrected chi connectivity index (χ4v) is 1.76. The molecule has 1 N–H and O–H groups in total. The first-order valence-electron chi connectivity index (χ1n) is 5.90. The second-order valence-corrected chi connectivity index (χ2v) is 4.32. The van der Waals surface area contributed by atoms with Gasteiger partial charge in [0, 0.05) is 12.5 Å². The summed E-state index contributed by atoms with van der Waals surface area (Å²) in [7, 11) is 0. The van der Waals surface area contributed by atoms with E-state index in [0.717, 1.165) is 38.7 Å². The van der Waals surface area contributed by atoms with Gasteiger partial charge in [0.1, 0.15) is 0 Å². The highest BCUT2D eigenvalue weighted by Crippen LogP contribution is 2.04. The first-order valence-corrected chi connectivity index (χ1v) is 6.43. The van der Waals surface area contributed by atoms with Crippen LogP contribution in [0.1, 0.15) is 32.1 Å². The molecule has 16 heavy (non-hydrogen) atoms. The summed E-state index contributed by atoms with van der Waals surface area (Å²) in [6.45, 7) is 1.82. The first-order chi connectivity index (χ1) is 7.83. The van der Waals surface area contributed by atoms with E-state index in [0.29, 0.717) is 19.1 Å². The summed E-state index contributed by atoms with van der Waals surface area (Å²) >= 11 is 5.55. The Bertz CT molecular complexity index is 196. The van der Waals surface area contributed by atoms with Crippen molar-refractivity contribution < 1.29 is 14.3 Å². The number of alkyl halides is 1. The van der Waals surface area contributed by atoms with E-state index in [9.17, 15) is 4.79 Å². The lowest BCUT2D eigenvalue weighted by atomic mass is 10.2. The number of alkyl carbamates (subject to hydrolysis) is 1. The van der Waals surface area contributed by atoms with Crippen LogP contribution in [0.3, 0.4) is 0 Å². The van der Waals surface area contributed by atoms with Crippen molar-refractivity contribution in [3.63, 3.8) is 0 Å². The van der Waals surface area contributed by atoms with E-state index in [-0.39, 0.29) is 12.1 Å². The highest BCUT2D eigenvalue weighted by atomic mass is 35.5. The van der Waals surface area contributed by atoms with E-state index in [1.807, 2.05) is 0 Å². The predicted octanol–water partition coefficient (Wildman–Crippen LogP) is 2.30. The van der Waals surface area contributed by atoms with Gasteiger partial charge in [-0.1, -0.05) is 12.8 Å². The van der Waals surface area contributed by atoms with E-state index in [2.05, 4.69) is 5.32 Å². The third-order valence-corrected chi connectivity index (χ3v) is 2.78. The lowest BCUT2D eigenvalue weighted by Gasteiger charge is -2.10. The molecule has 1 saturated heterocycles. The number of carbonyl (C=O) groups is 1. The molecule has 1 amide bonds. The van der Waals surface area contributed by atoms with Crippen molar-refractivity contribution in [2.24, 2.45) is 0 Å². The molecule has 1 aliphatic heterocycles. The fraction of sp³-hybridized carbons (Fsp3) is 0.909. The van der Waals surface area contributed by atoms with Crippen molar-refractivity contribution in [2.45, 2.75) is 38.1 Å². The third kappa shape index (κ3) is 6.18. The van der Waals surface area contributed by atoms with Crippen LogP contribution in [0.15, 0.2) is 0 Å². The summed E-state index contributed by atoms with van der Waals surface area (Å²) in [5, 5.41) is 2.77.